The van der Waals surface area contributed by atoms with Crippen LogP contribution in [0.5, 0.6) is 5.75 Å². The zero-order valence-corrected chi connectivity index (χ0v) is 24.4. The second kappa shape index (κ2) is 12.7. The van der Waals surface area contributed by atoms with E-state index in [2.05, 4.69) is 74.1 Å². The highest BCUT2D eigenvalue weighted by Crippen LogP contribution is 2.32. The van der Waals surface area contributed by atoms with Crippen molar-refractivity contribution in [2.75, 3.05) is 44.2 Å². The Morgan fingerprint density at radius 2 is 1.56 bits per heavy atom. The number of piperazine rings is 1. The van der Waals surface area contributed by atoms with Crippen molar-refractivity contribution in [2.45, 2.75) is 45.2 Å². The number of hydrogen-bond acceptors (Lipinski definition) is 5. The standard InChI is InChI=1S/C33H37F3N6O/c1-2-3-4-5-8-23-13-15-24(16-14-23)31-37-25-9-6-11-27(29(25)39-31)42-19-17-41(18-20-42)21-22-43-28-12-7-10-26-30(28)40-32(38-26)33(34,35)36/h6-7,9-16H,2-5,8,17-22H2,1H3,(H,37,39)(H,38,40). The van der Waals surface area contributed by atoms with Gasteiger partial charge in [-0.15, -0.1) is 0 Å². The number of para-hydroxylation sites is 2. The summed E-state index contributed by atoms with van der Waals surface area (Å²) in [5.74, 6) is 0.218. The number of aromatic amines is 2. The van der Waals surface area contributed by atoms with Crippen molar-refractivity contribution >= 4 is 27.8 Å². The number of aryl methyl sites for hydroxylation is 1. The molecule has 0 unspecified atom stereocenters. The molecule has 7 nitrogen and oxygen atoms in total. The topological polar surface area (TPSA) is 73.1 Å². The van der Waals surface area contributed by atoms with Crippen LogP contribution in [-0.2, 0) is 12.6 Å². The van der Waals surface area contributed by atoms with Crippen molar-refractivity contribution in [3.63, 3.8) is 0 Å². The summed E-state index contributed by atoms with van der Waals surface area (Å²) >= 11 is 0. The van der Waals surface area contributed by atoms with Crippen LogP contribution in [0.3, 0.4) is 0 Å². The minimum atomic E-state index is -4.53. The van der Waals surface area contributed by atoms with Crippen molar-refractivity contribution < 1.29 is 17.9 Å². The minimum absolute atomic E-state index is 0.199. The van der Waals surface area contributed by atoms with E-state index < -0.39 is 12.0 Å². The fraction of sp³-hybridized carbons (Fsp3) is 0.394. The van der Waals surface area contributed by atoms with Gasteiger partial charge in [0, 0.05) is 38.3 Å². The lowest BCUT2D eigenvalue weighted by Gasteiger charge is -2.36. The van der Waals surface area contributed by atoms with Gasteiger partial charge in [0.05, 0.1) is 16.7 Å². The van der Waals surface area contributed by atoms with Crippen LogP contribution in [-0.4, -0.2) is 64.2 Å². The monoisotopic (exact) mass is 590 g/mol. The van der Waals surface area contributed by atoms with E-state index in [9.17, 15) is 13.2 Å². The van der Waals surface area contributed by atoms with Crippen molar-refractivity contribution in [1.29, 1.82) is 0 Å². The lowest BCUT2D eigenvalue weighted by atomic mass is 10.0. The first-order chi connectivity index (χ1) is 20.9. The maximum atomic E-state index is 13.1. The molecule has 6 rings (SSSR count). The second-order valence-electron chi connectivity index (χ2n) is 11.2. The Balaban J connectivity index is 1.05. The zero-order chi connectivity index (χ0) is 29.8. The molecule has 226 valence electrons. The maximum Gasteiger partial charge on any atom is 0.449 e. The first-order valence-electron chi connectivity index (χ1n) is 15.1. The van der Waals surface area contributed by atoms with Crippen molar-refractivity contribution in [2.24, 2.45) is 0 Å². The molecule has 1 fully saturated rings. The normalized spacial score (nSPS) is 14.7. The molecule has 1 aliphatic rings. The SMILES string of the molecule is CCCCCCc1ccc(-c2nc3c(N4CCN(CCOc5cccc6[nH]c(C(F)(F)F)nc56)CC4)cccc3[nH]2)cc1. The average molecular weight is 591 g/mol. The number of ether oxygens (including phenoxy) is 1. The van der Waals surface area contributed by atoms with E-state index in [0.717, 1.165) is 60.7 Å². The van der Waals surface area contributed by atoms with Crippen LogP contribution >= 0.6 is 0 Å². The highest BCUT2D eigenvalue weighted by atomic mass is 19.4. The number of benzene rings is 3. The molecule has 0 radical (unpaired) electrons. The summed E-state index contributed by atoms with van der Waals surface area (Å²) in [5, 5.41) is 0. The van der Waals surface area contributed by atoms with Crippen molar-refractivity contribution in [3.05, 3.63) is 72.1 Å². The van der Waals surface area contributed by atoms with Crippen molar-refractivity contribution in [3.8, 4) is 17.1 Å². The van der Waals surface area contributed by atoms with E-state index in [-0.39, 0.29) is 5.52 Å². The number of imidazole rings is 2. The molecule has 0 spiro atoms. The Labute approximate surface area is 249 Å². The summed E-state index contributed by atoms with van der Waals surface area (Å²) in [4.78, 5) is 19.3. The average Bonchev–Trinajstić information content (AvgIpc) is 3.66. The number of nitrogens with one attached hydrogen (secondary N) is 2. The van der Waals surface area contributed by atoms with Crippen LogP contribution < -0.4 is 9.64 Å². The van der Waals surface area contributed by atoms with E-state index in [1.807, 2.05) is 0 Å². The molecule has 3 heterocycles. The Morgan fingerprint density at radius 3 is 2.30 bits per heavy atom. The van der Waals surface area contributed by atoms with Crippen LogP contribution in [0.2, 0.25) is 0 Å². The molecule has 2 N–H and O–H groups in total. The number of hydrogen-bond donors (Lipinski definition) is 2. The molecular weight excluding hydrogens is 553 g/mol. The maximum absolute atomic E-state index is 13.1. The lowest BCUT2D eigenvalue weighted by Crippen LogP contribution is -2.47. The highest BCUT2D eigenvalue weighted by molar-refractivity contribution is 5.91. The molecule has 2 aromatic heterocycles. The molecule has 43 heavy (non-hydrogen) atoms. The Bertz CT molecular complexity index is 1650. The van der Waals surface area contributed by atoms with E-state index in [1.165, 1.54) is 31.2 Å². The molecule has 3 aromatic carbocycles. The Hall–Kier alpha value is -4.05. The Kier molecular flexibility index (Phi) is 8.56. The number of fused-ring (bicyclic) bond motifs is 2. The van der Waals surface area contributed by atoms with Crippen LogP contribution in [0.4, 0.5) is 18.9 Å². The van der Waals surface area contributed by atoms with Gasteiger partial charge in [-0.05, 0) is 42.7 Å². The van der Waals surface area contributed by atoms with Gasteiger partial charge in [0.1, 0.15) is 29.2 Å². The van der Waals surface area contributed by atoms with Gasteiger partial charge in [-0.1, -0.05) is 62.6 Å². The number of nitrogens with zero attached hydrogens (tertiary/aromatic N) is 4. The van der Waals surface area contributed by atoms with Crippen molar-refractivity contribution in [1.82, 2.24) is 24.8 Å². The third-order valence-electron chi connectivity index (χ3n) is 8.16. The molecule has 5 aromatic rings. The second-order valence-corrected chi connectivity index (χ2v) is 11.2. The van der Waals surface area contributed by atoms with Gasteiger partial charge in [-0.25, -0.2) is 9.97 Å². The van der Waals surface area contributed by atoms with E-state index in [4.69, 9.17) is 9.72 Å². The van der Waals surface area contributed by atoms with Crippen LogP contribution in [0.25, 0.3) is 33.5 Å². The van der Waals surface area contributed by atoms with E-state index in [0.29, 0.717) is 24.4 Å². The van der Waals surface area contributed by atoms with Gasteiger partial charge in [-0.2, -0.15) is 13.2 Å². The summed E-state index contributed by atoms with van der Waals surface area (Å²) in [5.41, 5.74) is 6.08. The molecule has 0 amide bonds. The van der Waals surface area contributed by atoms with Crippen LogP contribution in [0, 0.1) is 0 Å². The number of rotatable bonds is 11. The largest absolute Gasteiger partial charge is 0.490 e. The van der Waals surface area contributed by atoms with Gasteiger partial charge in [-0.3, -0.25) is 4.90 Å². The third-order valence-corrected chi connectivity index (χ3v) is 8.16. The smallest absolute Gasteiger partial charge is 0.449 e. The highest BCUT2D eigenvalue weighted by Gasteiger charge is 2.35. The summed E-state index contributed by atoms with van der Waals surface area (Å²) in [6, 6.07) is 19.9. The van der Waals surface area contributed by atoms with E-state index >= 15 is 0 Å². The summed E-state index contributed by atoms with van der Waals surface area (Å²) in [6.07, 6.45) is 1.65. The van der Waals surface area contributed by atoms with Gasteiger partial charge in [0.15, 0.2) is 0 Å². The zero-order valence-electron chi connectivity index (χ0n) is 24.4. The number of halogens is 3. The first-order valence-corrected chi connectivity index (χ1v) is 15.1. The lowest BCUT2D eigenvalue weighted by molar-refractivity contribution is -0.144. The third kappa shape index (κ3) is 6.64. The Morgan fingerprint density at radius 1 is 0.814 bits per heavy atom. The first kappa shape index (κ1) is 29.0. The number of unbranched alkanes of at least 4 members (excludes halogenated alkanes) is 3. The van der Waals surface area contributed by atoms with Gasteiger partial charge < -0.3 is 19.6 Å². The number of alkyl halides is 3. The molecule has 0 aliphatic carbocycles. The van der Waals surface area contributed by atoms with Crippen LogP contribution in [0.1, 0.15) is 44.0 Å². The summed E-state index contributed by atoms with van der Waals surface area (Å²) in [6.45, 7) is 6.66. The quantitative estimate of drug-likeness (QED) is 0.156. The predicted octanol–water partition coefficient (Wildman–Crippen LogP) is 7.45. The molecule has 1 saturated heterocycles. The molecular formula is C33H37F3N6O. The molecule has 10 heteroatoms. The molecule has 0 bridgehead atoms. The molecule has 0 saturated carbocycles. The number of aromatic nitrogens is 4. The molecule has 0 atom stereocenters. The fourth-order valence-electron chi connectivity index (χ4n) is 5.75. The van der Waals surface area contributed by atoms with Crippen LogP contribution in [0.15, 0.2) is 60.7 Å². The van der Waals surface area contributed by atoms with Gasteiger partial charge in [0.25, 0.3) is 0 Å². The molecule has 1 aliphatic heterocycles. The summed E-state index contributed by atoms with van der Waals surface area (Å²) in [7, 11) is 0. The van der Waals surface area contributed by atoms with Gasteiger partial charge >= 0.3 is 6.18 Å². The summed E-state index contributed by atoms with van der Waals surface area (Å²) < 4.78 is 45.1. The minimum Gasteiger partial charge on any atom is -0.490 e. The fourth-order valence-corrected chi connectivity index (χ4v) is 5.75. The predicted molar refractivity (Wildman–Crippen MR) is 165 cm³/mol. The number of anilines is 1. The van der Waals surface area contributed by atoms with E-state index in [1.54, 1.807) is 18.2 Å². The number of H-pyrrole nitrogens is 2. The van der Waals surface area contributed by atoms with Gasteiger partial charge in [0.2, 0.25) is 5.82 Å².